The van der Waals surface area contributed by atoms with Crippen molar-refractivity contribution >= 4 is 21.8 Å². The van der Waals surface area contributed by atoms with Gasteiger partial charge in [-0.25, -0.2) is 8.42 Å². The summed E-state index contributed by atoms with van der Waals surface area (Å²) in [4.78, 5) is 21.0. The Morgan fingerprint density at radius 3 is 2.62 bits per heavy atom. The standard InChI is InChI=1S/C17H32N4O4S/c1-3-18-17(19-7-9-20-10-12-26(23,24)13-11-20)21-8-5-6-15(14-21)16(22)25-4-2/h15H,3-14H2,1-2H3,(H,18,19). The lowest BCUT2D eigenvalue weighted by Crippen LogP contribution is -2.48. The summed E-state index contributed by atoms with van der Waals surface area (Å²) in [6.45, 7) is 9.08. The molecule has 2 heterocycles. The van der Waals surface area contributed by atoms with Gasteiger partial charge in [-0.3, -0.25) is 14.7 Å². The van der Waals surface area contributed by atoms with Crippen molar-refractivity contribution in [2.45, 2.75) is 26.7 Å². The molecule has 0 aliphatic carbocycles. The number of ether oxygens (including phenoxy) is 1. The number of sulfone groups is 1. The first-order valence-corrected chi connectivity index (χ1v) is 11.4. The maximum absolute atomic E-state index is 12.0. The van der Waals surface area contributed by atoms with Crippen molar-refractivity contribution in [2.24, 2.45) is 10.9 Å². The largest absolute Gasteiger partial charge is 0.466 e. The molecule has 1 unspecified atom stereocenters. The van der Waals surface area contributed by atoms with Crippen LogP contribution in [0.15, 0.2) is 4.99 Å². The van der Waals surface area contributed by atoms with Crippen molar-refractivity contribution in [2.75, 3.05) is 63.9 Å². The number of likely N-dealkylation sites (tertiary alicyclic amines) is 1. The molecule has 0 spiro atoms. The first kappa shape index (κ1) is 21.0. The first-order chi connectivity index (χ1) is 12.4. The van der Waals surface area contributed by atoms with Crippen LogP contribution in [0.2, 0.25) is 0 Å². The van der Waals surface area contributed by atoms with E-state index in [2.05, 4.69) is 15.1 Å². The van der Waals surface area contributed by atoms with Gasteiger partial charge in [-0.1, -0.05) is 0 Å². The van der Waals surface area contributed by atoms with Gasteiger partial charge in [0.25, 0.3) is 0 Å². The molecule has 2 rings (SSSR count). The van der Waals surface area contributed by atoms with Gasteiger partial charge in [0.15, 0.2) is 15.8 Å². The van der Waals surface area contributed by atoms with Crippen molar-refractivity contribution in [3.05, 3.63) is 0 Å². The number of hydrogen-bond acceptors (Lipinski definition) is 6. The number of carbonyl (C=O) groups excluding carboxylic acids is 1. The Morgan fingerprint density at radius 1 is 1.23 bits per heavy atom. The van der Waals surface area contributed by atoms with E-state index in [4.69, 9.17) is 9.73 Å². The Bertz CT molecular complexity index is 580. The summed E-state index contributed by atoms with van der Waals surface area (Å²) < 4.78 is 28.2. The smallest absolute Gasteiger partial charge is 0.310 e. The molecule has 0 aromatic heterocycles. The molecule has 0 amide bonds. The lowest BCUT2D eigenvalue weighted by atomic mass is 9.98. The van der Waals surface area contributed by atoms with Crippen LogP contribution in [-0.2, 0) is 19.4 Å². The molecular weight excluding hydrogens is 356 g/mol. The maximum Gasteiger partial charge on any atom is 0.310 e. The van der Waals surface area contributed by atoms with Crippen LogP contribution in [0.3, 0.4) is 0 Å². The van der Waals surface area contributed by atoms with Crippen LogP contribution in [-0.4, -0.2) is 94.1 Å². The van der Waals surface area contributed by atoms with Gasteiger partial charge in [0.1, 0.15) is 0 Å². The van der Waals surface area contributed by atoms with E-state index in [-0.39, 0.29) is 23.4 Å². The third kappa shape index (κ3) is 6.42. The fourth-order valence-corrected chi connectivity index (χ4v) is 4.60. The molecule has 150 valence electrons. The monoisotopic (exact) mass is 388 g/mol. The van der Waals surface area contributed by atoms with E-state index < -0.39 is 9.84 Å². The Hall–Kier alpha value is -1.35. The molecular formula is C17H32N4O4S. The highest BCUT2D eigenvalue weighted by Crippen LogP contribution is 2.18. The number of rotatable bonds is 6. The van der Waals surface area contributed by atoms with Gasteiger partial charge in [0.2, 0.25) is 0 Å². The molecule has 2 fully saturated rings. The summed E-state index contributed by atoms with van der Waals surface area (Å²) >= 11 is 0. The van der Waals surface area contributed by atoms with E-state index in [0.29, 0.717) is 32.8 Å². The summed E-state index contributed by atoms with van der Waals surface area (Å²) in [7, 11) is -2.84. The number of carbonyl (C=O) groups is 1. The van der Waals surface area contributed by atoms with E-state index in [1.54, 1.807) is 0 Å². The molecule has 26 heavy (non-hydrogen) atoms. The summed E-state index contributed by atoms with van der Waals surface area (Å²) in [6.07, 6.45) is 1.80. The fourth-order valence-electron chi connectivity index (χ4n) is 3.32. The fraction of sp³-hybridized carbons (Fsp3) is 0.882. The van der Waals surface area contributed by atoms with Crippen LogP contribution in [0.4, 0.5) is 0 Å². The minimum Gasteiger partial charge on any atom is -0.466 e. The zero-order chi connectivity index (χ0) is 19.0. The van der Waals surface area contributed by atoms with Crippen LogP contribution < -0.4 is 5.32 Å². The van der Waals surface area contributed by atoms with E-state index in [9.17, 15) is 13.2 Å². The minimum atomic E-state index is -2.84. The predicted octanol–water partition coefficient (Wildman–Crippen LogP) is -0.0426. The second-order valence-electron chi connectivity index (χ2n) is 6.77. The average Bonchev–Trinajstić information content (AvgIpc) is 2.62. The summed E-state index contributed by atoms with van der Waals surface area (Å²) in [5.74, 6) is 1.09. The van der Waals surface area contributed by atoms with Crippen molar-refractivity contribution in [3.8, 4) is 0 Å². The van der Waals surface area contributed by atoms with Gasteiger partial charge in [-0.2, -0.15) is 0 Å². The van der Waals surface area contributed by atoms with Crippen molar-refractivity contribution < 1.29 is 17.9 Å². The van der Waals surface area contributed by atoms with Gasteiger partial charge in [-0.05, 0) is 26.7 Å². The minimum absolute atomic E-state index is 0.0974. The number of esters is 1. The van der Waals surface area contributed by atoms with E-state index in [0.717, 1.165) is 38.4 Å². The molecule has 2 saturated heterocycles. The van der Waals surface area contributed by atoms with Crippen LogP contribution in [0.5, 0.6) is 0 Å². The maximum atomic E-state index is 12.0. The molecule has 9 heteroatoms. The zero-order valence-electron chi connectivity index (χ0n) is 15.9. The second-order valence-corrected chi connectivity index (χ2v) is 9.07. The summed E-state index contributed by atoms with van der Waals surface area (Å²) in [5.41, 5.74) is 0. The van der Waals surface area contributed by atoms with Gasteiger partial charge < -0.3 is 15.0 Å². The topological polar surface area (TPSA) is 91.3 Å². The molecule has 8 nitrogen and oxygen atoms in total. The van der Waals surface area contributed by atoms with Crippen molar-refractivity contribution in [3.63, 3.8) is 0 Å². The Balaban J connectivity index is 1.88. The molecule has 0 radical (unpaired) electrons. The number of piperidine rings is 1. The first-order valence-electron chi connectivity index (χ1n) is 9.58. The Morgan fingerprint density at radius 2 is 1.96 bits per heavy atom. The Labute approximate surface area is 156 Å². The summed E-state index contributed by atoms with van der Waals surface area (Å²) in [6, 6.07) is 0. The van der Waals surface area contributed by atoms with Gasteiger partial charge in [0, 0.05) is 39.3 Å². The highest BCUT2D eigenvalue weighted by molar-refractivity contribution is 7.91. The van der Waals surface area contributed by atoms with Crippen LogP contribution >= 0.6 is 0 Å². The number of nitrogens with one attached hydrogen (secondary N) is 1. The van der Waals surface area contributed by atoms with Gasteiger partial charge >= 0.3 is 5.97 Å². The molecule has 0 aromatic carbocycles. The normalized spacial score (nSPS) is 24.3. The second kappa shape index (κ2) is 10.1. The van der Waals surface area contributed by atoms with Crippen molar-refractivity contribution in [1.82, 2.24) is 15.1 Å². The van der Waals surface area contributed by atoms with Crippen LogP contribution in [0, 0.1) is 5.92 Å². The number of hydrogen-bond donors (Lipinski definition) is 1. The predicted molar refractivity (Wildman–Crippen MR) is 102 cm³/mol. The summed E-state index contributed by atoms with van der Waals surface area (Å²) in [5, 5.41) is 3.30. The van der Waals surface area contributed by atoms with Crippen molar-refractivity contribution in [1.29, 1.82) is 0 Å². The third-order valence-corrected chi connectivity index (χ3v) is 6.40. The molecule has 0 bridgehead atoms. The van der Waals surface area contributed by atoms with Gasteiger partial charge in [0.05, 0.1) is 30.6 Å². The molecule has 2 aliphatic heterocycles. The van der Waals surface area contributed by atoms with E-state index in [1.807, 2.05) is 13.8 Å². The highest BCUT2D eigenvalue weighted by atomic mass is 32.2. The lowest BCUT2D eigenvalue weighted by molar-refractivity contribution is -0.149. The van der Waals surface area contributed by atoms with Gasteiger partial charge in [-0.15, -0.1) is 0 Å². The number of nitrogens with zero attached hydrogens (tertiary/aromatic N) is 3. The van der Waals surface area contributed by atoms with Crippen LogP contribution in [0.1, 0.15) is 26.7 Å². The molecule has 0 aromatic rings. The molecule has 0 saturated carbocycles. The van der Waals surface area contributed by atoms with Crippen LogP contribution in [0.25, 0.3) is 0 Å². The molecule has 1 N–H and O–H groups in total. The zero-order valence-corrected chi connectivity index (χ0v) is 16.8. The van der Waals surface area contributed by atoms with E-state index >= 15 is 0 Å². The number of guanidine groups is 1. The SMILES string of the molecule is CCNC(=NCCN1CCS(=O)(=O)CC1)N1CCCC(C(=O)OCC)C1. The molecule has 1 atom stereocenters. The lowest BCUT2D eigenvalue weighted by Gasteiger charge is -2.34. The number of aliphatic imine (C=N–C) groups is 1. The average molecular weight is 389 g/mol. The highest BCUT2D eigenvalue weighted by Gasteiger charge is 2.28. The molecule has 2 aliphatic rings. The Kier molecular flexibility index (Phi) is 8.15. The third-order valence-electron chi connectivity index (χ3n) is 4.79. The van der Waals surface area contributed by atoms with E-state index in [1.165, 1.54) is 0 Å². The quantitative estimate of drug-likeness (QED) is 0.388.